The molecule has 1 saturated heterocycles. The Morgan fingerprint density at radius 1 is 0.895 bits per heavy atom. The van der Waals surface area contributed by atoms with Crippen molar-refractivity contribution in [2.45, 2.75) is 90.8 Å². The monoisotopic (exact) mass is 548 g/mol. The van der Waals surface area contributed by atoms with E-state index in [0.29, 0.717) is 0 Å². The Bertz CT molecular complexity index is 885. The maximum Gasteiger partial charge on any atom is 0.408 e. The lowest BCUT2D eigenvalue weighted by Crippen LogP contribution is -2.67. The third-order valence-corrected chi connectivity index (χ3v) is 4.68. The fraction of sp³-hybridized carbons (Fsp3) is 0.739. The molecule has 1 fully saturated rings. The number of rotatable bonds is 10. The molecule has 0 saturated carbocycles. The van der Waals surface area contributed by atoms with E-state index in [0.717, 1.165) is 27.9 Å². The Balaban J connectivity index is 3.31. The molecule has 1 aliphatic heterocycles. The van der Waals surface area contributed by atoms with Crippen LogP contribution in [0.4, 0.5) is 4.79 Å². The van der Waals surface area contributed by atoms with Crippen molar-refractivity contribution in [1.82, 2.24) is 10.6 Å². The molecule has 6 atom stereocenters. The van der Waals surface area contributed by atoms with Gasteiger partial charge < -0.3 is 43.8 Å². The summed E-state index contributed by atoms with van der Waals surface area (Å²) in [6.45, 7) is 8.42. The van der Waals surface area contributed by atoms with Crippen LogP contribution in [0.5, 0.6) is 0 Å². The molecule has 0 aromatic rings. The highest BCUT2D eigenvalue weighted by Crippen LogP contribution is 2.28. The number of carbonyl (C=O) groups excluding carboxylic acids is 6. The maximum absolute atomic E-state index is 12.3. The average molecular weight is 549 g/mol. The molecule has 0 aromatic heterocycles. The van der Waals surface area contributed by atoms with Gasteiger partial charge in [0.15, 0.2) is 24.5 Å². The van der Waals surface area contributed by atoms with E-state index in [-0.39, 0.29) is 0 Å². The predicted octanol–water partition coefficient (Wildman–Crippen LogP) is -0.275. The van der Waals surface area contributed by atoms with Crippen LogP contribution in [0.15, 0.2) is 0 Å². The number of hydrogen-bond donors (Lipinski definition) is 2. The van der Waals surface area contributed by atoms with Crippen molar-refractivity contribution in [3.63, 3.8) is 0 Å². The Kier molecular flexibility index (Phi) is 12.4. The van der Waals surface area contributed by atoms with Gasteiger partial charge in [0.1, 0.15) is 24.4 Å². The highest BCUT2D eigenvalue weighted by Gasteiger charge is 2.51. The van der Waals surface area contributed by atoms with E-state index >= 15 is 0 Å². The van der Waals surface area contributed by atoms with Crippen LogP contribution in [0.2, 0.25) is 0 Å². The number of amides is 2. The summed E-state index contributed by atoms with van der Waals surface area (Å²) >= 11 is 0. The second kappa shape index (κ2) is 14.5. The first-order chi connectivity index (χ1) is 17.5. The molecule has 2 N–H and O–H groups in total. The van der Waals surface area contributed by atoms with Crippen LogP contribution >= 0.6 is 0 Å². The lowest BCUT2D eigenvalue weighted by atomic mass is 9.96. The van der Waals surface area contributed by atoms with Gasteiger partial charge in [-0.15, -0.1) is 0 Å². The molecule has 1 aliphatic rings. The number of methoxy groups -OCH3 is 1. The number of esters is 4. The fourth-order valence-electron chi connectivity index (χ4n) is 3.38. The van der Waals surface area contributed by atoms with Gasteiger partial charge in [-0.25, -0.2) is 9.59 Å². The van der Waals surface area contributed by atoms with Crippen molar-refractivity contribution in [3.8, 4) is 0 Å². The Labute approximate surface area is 220 Å². The number of nitrogens with one attached hydrogen (secondary N) is 2. The van der Waals surface area contributed by atoms with Crippen molar-refractivity contribution in [3.05, 3.63) is 0 Å². The van der Waals surface area contributed by atoms with Crippen molar-refractivity contribution < 1.29 is 61.9 Å². The molecule has 15 nitrogen and oxygen atoms in total. The van der Waals surface area contributed by atoms with Crippen LogP contribution in [0.1, 0.15) is 48.5 Å². The van der Waals surface area contributed by atoms with Crippen LogP contribution in [-0.2, 0) is 57.1 Å². The minimum absolute atomic E-state index is 0.436. The highest BCUT2D eigenvalue weighted by atomic mass is 16.7. The minimum atomic E-state index is -1.44. The molecule has 2 amide bonds. The molecule has 1 rings (SSSR count). The van der Waals surface area contributed by atoms with Gasteiger partial charge in [0.05, 0.1) is 13.7 Å². The van der Waals surface area contributed by atoms with E-state index in [2.05, 4.69) is 10.6 Å². The molecular weight excluding hydrogens is 512 g/mol. The Hall–Kier alpha value is -3.46. The molecule has 1 heterocycles. The Morgan fingerprint density at radius 3 is 1.95 bits per heavy atom. The van der Waals surface area contributed by atoms with E-state index in [1.807, 2.05) is 0 Å². The average Bonchev–Trinajstić information content (AvgIpc) is 2.75. The first kappa shape index (κ1) is 32.6. The van der Waals surface area contributed by atoms with Crippen LogP contribution in [0.3, 0.4) is 0 Å². The maximum atomic E-state index is 12.3. The summed E-state index contributed by atoms with van der Waals surface area (Å²) in [5.41, 5.74) is -0.860. The van der Waals surface area contributed by atoms with Crippen LogP contribution in [0, 0.1) is 0 Å². The van der Waals surface area contributed by atoms with Gasteiger partial charge in [-0.3, -0.25) is 19.2 Å². The fourth-order valence-corrected chi connectivity index (χ4v) is 3.38. The van der Waals surface area contributed by atoms with E-state index in [4.69, 9.17) is 33.2 Å². The SMILES string of the molecule is COC(=O)[C@H](CO[C@@H]1O[C@H](COC(C)=O)[C@H](OC(C)=O)[C@H](OC(C)=O)[C@H]1NC(C)=O)NC(=O)OC(C)(C)C. The summed E-state index contributed by atoms with van der Waals surface area (Å²) in [5, 5.41) is 4.84. The zero-order chi connectivity index (χ0) is 29.2. The smallest absolute Gasteiger partial charge is 0.408 e. The summed E-state index contributed by atoms with van der Waals surface area (Å²) in [4.78, 5) is 71.7. The van der Waals surface area contributed by atoms with Crippen LogP contribution < -0.4 is 10.6 Å². The van der Waals surface area contributed by atoms with Crippen molar-refractivity contribution in [2.24, 2.45) is 0 Å². The topological polar surface area (TPSA) is 191 Å². The summed E-state index contributed by atoms with van der Waals surface area (Å²) in [7, 11) is 1.10. The first-order valence-electron chi connectivity index (χ1n) is 11.6. The standard InChI is InChI=1S/C23H36N2O13/c1-11(26)24-17-19(36-14(4)29)18(35-13(3)28)16(10-33-12(2)27)37-21(17)34-9-15(20(30)32-8)25-22(31)38-23(5,6)7/h15-19,21H,9-10H2,1-8H3,(H,24,26)(H,25,31)/t15-,16+,17+,18-,19+,21+/m0/s1. The largest absolute Gasteiger partial charge is 0.467 e. The molecule has 0 bridgehead atoms. The molecule has 0 aromatic carbocycles. The van der Waals surface area contributed by atoms with Gasteiger partial charge in [0.2, 0.25) is 5.91 Å². The van der Waals surface area contributed by atoms with Gasteiger partial charge in [0.25, 0.3) is 0 Å². The summed E-state index contributed by atoms with van der Waals surface area (Å²) in [5.74, 6) is -3.69. The van der Waals surface area contributed by atoms with Crippen LogP contribution in [0.25, 0.3) is 0 Å². The molecule has 0 unspecified atom stereocenters. The van der Waals surface area contributed by atoms with Gasteiger partial charge in [-0.2, -0.15) is 0 Å². The zero-order valence-corrected chi connectivity index (χ0v) is 22.7. The molecule has 0 radical (unpaired) electrons. The zero-order valence-electron chi connectivity index (χ0n) is 22.7. The number of ether oxygens (including phenoxy) is 7. The highest BCUT2D eigenvalue weighted by molar-refractivity contribution is 5.81. The summed E-state index contributed by atoms with van der Waals surface area (Å²) in [6.07, 6.45) is -6.25. The van der Waals surface area contributed by atoms with E-state index < -0.39 is 91.4 Å². The van der Waals surface area contributed by atoms with E-state index in [1.165, 1.54) is 6.92 Å². The predicted molar refractivity (Wildman–Crippen MR) is 125 cm³/mol. The second-order valence-electron chi connectivity index (χ2n) is 9.28. The number of alkyl carbamates (subject to hydrolysis) is 1. The molecule has 0 aliphatic carbocycles. The van der Waals surface area contributed by atoms with E-state index in [1.54, 1.807) is 20.8 Å². The molecule has 15 heteroatoms. The quantitative estimate of drug-likeness (QED) is 0.268. The lowest BCUT2D eigenvalue weighted by Gasteiger charge is -2.45. The van der Waals surface area contributed by atoms with Crippen molar-refractivity contribution >= 4 is 35.9 Å². The lowest BCUT2D eigenvalue weighted by molar-refractivity contribution is -0.278. The van der Waals surface area contributed by atoms with Gasteiger partial charge in [-0.05, 0) is 20.8 Å². The Morgan fingerprint density at radius 2 is 1.47 bits per heavy atom. The van der Waals surface area contributed by atoms with Crippen molar-refractivity contribution in [2.75, 3.05) is 20.3 Å². The molecule has 38 heavy (non-hydrogen) atoms. The molecule has 0 spiro atoms. The van der Waals surface area contributed by atoms with Gasteiger partial charge in [0, 0.05) is 27.7 Å². The van der Waals surface area contributed by atoms with Gasteiger partial charge >= 0.3 is 30.0 Å². The van der Waals surface area contributed by atoms with Gasteiger partial charge in [-0.1, -0.05) is 0 Å². The third kappa shape index (κ3) is 11.3. The molecule has 216 valence electrons. The first-order valence-corrected chi connectivity index (χ1v) is 11.6. The molecular formula is C23H36N2O13. The van der Waals surface area contributed by atoms with Crippen LogP contribution in [-0.4, -0.2) is 98.5 Å². The minimum Gasteiger partial charge on any atom is -0.467 e. The normalized spacial score (nSPS) is 23.7. The van der Waals surface area contributed by atoms with E-state index in [9.17, 15) is 28.8 Å². The van der Waals surface area contributed by atoms with Crippen molar-refractivity contribution in [1.29, 1.82) is 0 Å². The third-order valence-electron chi connectivity index (χ3n) is 4.68. The second-order valence-corrected chi connectivity index (χ2v) is 9.28. The number of carbonyl (C=O) groups is 6. The summed E-state index contributed by atoms with van der Waals surface area (Å²) in [6, 6.07) is -2.63. The summed E-state index contributed by atoms with van der Waals surface area (Å²) < 4.78 is 37.1. The number of hydrogen-bond acceptors (Lipinski definition) is 13.